The molecule has 3 rings (SSSR count). The lowest BCUT2D eigenvalue weighted by Gasteiger charge is -2.17. The van der Waals surface area contributed by atoms with Crippen molar-refractivity contribution >= 4 is 0 Å². The Bertz CT molecular complexity index is 824. The second-order valence-electron chi connectivity index (χ2n) is 5.55. The number of benzene rings is 2. The Kier molecular flexibility index (Phi) is 4.69. The second-order valence-corrected chi connectivity index (χ2v) is 5.55. The zero-order chi connectivity index (χ0) is 16.1. The van der Waals surface area contributed by atoms with Gasteiger partial charge >= 0.3 is 0 Å². The van der Waals surface area contributed by atoms with Crippen molar-refractivity contribution in [3.8, 4) is 11.1 Å². The van der Waals surface area contributed by atoms with Crippen molar-refractivity contribution in [1.82, 2.24) is 4.57 Å². The van der Waals surface area contributed by atoms with E-state index in [1.807, 2.05) is 36.4 Å². The number of aliphatic hydroxyl groups excluding tert-OH is 1. The minimum Gasteiger partial charge on any atom is -0.394 e. The monoisotopic (exact) mass is 305 g/mol. The van der Waals surface area contributed by atoms with Gasteiger partial charge in [0.05, 0.1) is 12.6 Å². The minimum absolute atomic E-state index is 0.0700. The molecule has 0 amide bonds. The third-order valence-electron chi connectivity index (χ3n) is 3.96. The molecule has 1 atom stereocenters. The highest BCUT2D eigenvalue weighted by atomic mass is 16.3. The number of aliphatic hydroxyl groups is 1. The lowest BCUT2D eigenvalue weighted by Crippen LogP contribution is -2.27. The first-order chi connectivity index (χ1) is 11.3. The third kappa shape index (κ3) is 3.58. The van der Waals surface area contributed by atoms with E-state index in [-0.39, 0.29) is 18.2 Å². The van der Waals surface area contributed by atoms with Gasteiger partial charge in [-0.3, -0.25) is 4.79 Å². The standard InChI is InChI=1S/C20H19NO2/c22-15-19(21-12-5-4-11-20(21)23)14-16-7-6-10-18(13-16)17-8-2-1-3-9-17/h1-13,19,22H,14-15H2. The van der Waals surface area contributed by atoms with Crippen molar-refractivity contribution in [2.75, 3.05) is 6.61 Å². The molecule has 0 aliphatic carbocycles. The van der Waals surface area contributed by atoms with Crippen LogP contribution in [0.2, 0.25) is 0 Å². The molecule has 0 fully saturated rings. The van der Waals surface area contributed by atoms with Crippen LogP contribution in [0.4, 0.5) is 0 Å². The first-order valence-corrected chi connectivity index (χ1v) is 7.70. The largest absolute Gasteiger partial charge is 0.394 e. The predicted octanol–water partition coefficient (Wildman–Crippen LogP) is 3.29. The van der Waals surface area contributed by atoms with Gasteiger partial charge in [-0.1, -0.05) is 60.7 Å². The van der Waals surface area contributed by atoms with E-state index in [1.54, 1.807) is 16.8 Å². The molecular formula is C20H19NO2. The lowest BCUT2D eigenvalue weighted by molar-refractivity contribution is 0.224. The molecule has 1 N–H and O–H groups in total. The van der Waals surface area contributed by atoms with E-state index in [4.69, 9.17) is 0 Å². The number of hydrogen-bond donors (Lipinski definition) is 1. The molecule has 1 heterocycles. The molecule has 116 valence electrons. The highest BCUT2D eigenvalue weighted by molar-refractivity contribution is 5.63. The van der Waals surface area contributed by atoms with Crippen LogP contribution in [0.25, 0.3) is 11.1 Å². The molecule has 0 saturated carbocycles. The predicted molar refractivity (Wildman–Crippen MR) is 92.4 cm³/mol. The Morgan fingerprint density at radius 3 is 2.35 bits per heavy atom. The highest BCUT2D eigenvalue weighted by Gasteiger charge is 2.12. The summed E-state index contributed by atoms with van der Waals surface area (Å²) < 4.78 is 1.59. The molecule has 0 saturated heterocycles. The molecule has 1 unspecified atom stereocenters. The van der Waals surface area contributed by atoms with Gasteiger partial charge in [0.1, 0.15) is 0 Å². The molecule has 23 heavy (non-hydrogen) atoms. The maximum absolute atomic E-state index is 12.0. The molecule has 2 aromatic carbocycles. The average molecular weight is 305 g/mol. The van der Waals surface area contributed by atoms with E-state index in [1.165, 1.54) is 6.07 Å². The zero-order valence-corrected chi connectivity index (χ0v) is 12.8. The van der Waals surface area contributed by atoms with Crippen LogP contribution in [-0.4, -0.2) is 16.3 Å². The summed E-state index contributed by atoms with van der Waals surface area (Å²) in [4.78, 5) is 12.0. The number of rotatable bonds is 5. The van der Waals surface area contributed by atoms with Gasteiger partial charge in [0, 0.05) is 12.3 Å². The van der Waals surface area contributed by atoms with Gasteiger partial charge in [-0.15, -0.1) is 0 Å². The summed E-state index contributed by atoms with van der Waals surface area (Å²) in [7, 11) is 0. The van der Waals surface area contributed by atoms with Gasteiger partial charge in [0.15, 0.2) is 0 Å². The normalized spacial score (nSPS) is 12.0. The van der Waals surface area contributed by atoms with Crippen LogP contribution in [0, 0.1) is 0 Å². The third-order valence-corrected chi connectivity index (χ3v) is 3.96. The van der Waals surface area contributed by atoms with Crippen molar-refractivity contribution in [3.63, 3.8) is 0 Å². The Morgan fingerprint density at radius 1 is 0.870 bits per heavy atom. The van der Waals surface area contributed by atoms with Crippen molar-refractivity contribution in [1.29, 1.82) is 0 Å². The topological polar surface area (TPSA) is 42.2 Å². The average Bonchev–Trinajstić information content (AvgIpc) is 2.61. The van der Waals surface area contributed by atoms with E-state index in [2.05, 4.69) is 24.3 Å². The smallest absolute Gasteiger partial charge is 0.250 e. The van der Waals surface area contributed by atoms with Crippen LogP contribution in [-0.2, 0) is 6.42 Å². The Balaban J connectivity index is 1.88. The molecule has 0 bridgehead atoms. The lowest BCUT2D eigenvalue weighted by atomic mass is 9.99. The summed E-state index contributed by atoms with van der Waals surface area (Å²) in [6.45, 7) is -0.0700. The van der Waals surface area contributed by atoms with Crippen LogP contribution >= 0.6 is 0 Å². The molecule has 0 aliphatic rings. The molecular weight excluding hydrogens is 286 g/mol. The summed E-state index contributed by atoms with van der Waals surface area (Å²) in [5.74, 6) is 0. The summed E-state index contributed by atoms with van der Waals surface area (Å²) >= 11 is 0. The van der Waals surface area contributed by atoms with E-state index in [0.717, 1.165) is 16.7 Å². The fourth-order valence-corrected chi connectivity index (χ4v) is 2.77. The minimum atomic E-state index is -0.255. The van der Waals surface area contributed by atoms with Gasteiger partial charge in [-0.25, -0.2) is 0 Å². The van der Waals surface area contributed by atoms with Crippen molar-refractivity contribution in [2.24, 2.45) is 0 Å². The quantitative estimate of drug-likeness (QED) is 0.786. The first kappa shape index (κ1) is 15.3. The fraction of sp³-hybridized carbons (Fsp3) is 0.150. The maximum atomic E-state index is 12.0. The molecule has 1 aromatic heterocycles. The van der Waals surface area contributed by atoms with E-state index >= 15 is 0 Å². The van der Waals surface area contributed by atoms with Gasteiger partial charge < -0.3 is 9.67 Å². The summed E-state index contributed by atoms with van der Waals surface area (Å²) in [5, 5.41) is 9.69. The van der Waals surface area contributed by atoms with Crippen LogP contribution < -0.4 is 5.56 Å². The number of pyridine rings is 1. The van der Waals surface area contributed by atoms with E-state index < -0.39 is 0 Å². The molecule has 3 nitrogen and oxygen atoms in total. The SMILES string of the molecule is O=c1ccccn1C(CO)Cc1cccc(-c2ccccc2)c1. The Hall–Kier alpha value is -2.65. The van der Waals surface area contributed by atoms with E-state index in [9.17, 15) is 9.90 Å². The fourth-order valence-electron chi connectivity index (χ4n) is 2.77. The zero-order valence-electron chi connectivity index (χ0n) is 12.8. The van der Waals surface area contributed by atoms with Crippen LogP contribution in [0.1, 0.15) is 11.6 Å². The van der Waals surface area contributed by atoms with Crippen LogP contribution in [0.15, 0.2) is 83.8 Å². The van der Waals surface area contributed by atoms with Gasteiger partial charge in [-0.2, -0.15) is 0 Å². The van der Waals surface area contributed by atoms with Crippen molar-refractivity contribution < 1.29 is 5.11 Å². The number of aromatic nitrogens is 1. The number of hydrogen-bond acceptors (Lipinski definition) is 2. The highest BCUT2D eigenvalue weighted by Crippen LogP contribution is 2.22. The van der Waals surface area contributed by atoms with Crippen molar-refractivity contribution in [3.05, 3.63) is 94.9 Å². The van der Waals surface area contributed by atoms with E-state index in [0.29, 0.717) is 6.42 Å². The molecule has 0 spiro atoms. The van der Waals surface area contributed by atoms with Crippen molar-refractivity contribution in [2.45, 2.75) is 12.5 Å². The molecule has 3 heteroatoms. The van der Waals surface area contributed by atoms with Crippen LogP contribution in [0.5, 0.6) is 0 Å². The molecule has 3 aromatic rings. The van der Waals surface area contributed by atoms with Crippen LogP contribution in [0.3, 0.4) is 0 Å². The Labute approximate surface area is 135 Å². The molecule has 0 aliphatic heterocycles. The summed E-state index contributed by atoms with van der Waals surface area (Å²) in [6, 6.07) is 23.2. The second kappa shape index (κ2) is 7.07. The van der Waals surface area contributed by atoms with Gasteiger partial charge in [0.2, 0.25) is 0 Å². The van der Waals surface area contributed by atoms with Gasteiger partial charge in [-0.05, 0) is 29.2 Å². The number of nitrogens with zero attached hydrogens (tertiary/aromatic N) is 1. The first-order valence-electron chi connectivity index (χ1n) is 7.70. The maximum Gasteiger partial charge on any atom is 0.250 e. The van der Waals surface area contributed by atoms with Gasteiger partial charge in [0.25, 0.3) is 5.56 Å². The summed E-state index contributed by atoms with van der Waals surface area (Å²) in [5.41, 5.74) is 3.30. The summed E-state index contributed by atoms with van der Waals surface area (Å²) in [6.07, 6.45) is 2.34. The Morgan fingerprint density at radius 2 is 1.61 bits per heavy atom. The molecule has 0 radical (unpaired) electrons.